The number of hydrogen-bond acceptors (Lipinski definition) is 1. The molecule has 0 aromatic rings. The smallest absolute Gasteiger partial charge is 0.165 e. The van der Waals surface area contributed by atoms with Gasteiger partial charge in [-0.2, -0.15) is 0 Å². The molecule has 0 heterocycles. The first kappa shape index (κ1) is 7.15. The van der Waals surface area contributed by atoms with Crippen LogP contribution in [0.2, 0.25) is 6.82 Å². The molecule has 0 spiro atoms. The van der Waals surface area contributed by atoms with E-state index in [1.165, 1.54) is 0 Å². The molecule has 0 aliphatic heterocycles. The lowest BCUT2D eigenvalue weighted by atomic mass is 9.20. The van der Waals surface area contributed by atoms with E-state index < -0.39 is 0 Å². The van der Waals surface area contributed by atoms with Crippen molar-refractivity contribution in [2.45, 2.75) is 6.82 Å². The average molecular weight is 91.5 g/mol. The maximum atomic E-state index is 5.21. The van der Waals surface area contributed by atoms with Crippen LogP contribution in [0.15, 0.2) is 0 Å². The van der Waals surface area contributed by atoms with Gasteiger partial charge in [0.25, 0.3) is 0 Å². The van der Waals surface area contributed by atoms with Crippen molar-refractivity contribution < 1.29 is 0 Å². The highest BCUT2D eigenvalue weighted by Gasteiger charge is 2.03. The topological polar surface area (TPSA) is 3.24 Å². The summed E-state index contributed by atoms with van der Waals surface area (Å²) >= 11 is 0. The van der Waals surface area contributed by atoms with Gasteiger partial charge in [0.05, 0.1) is 0 Å². The molecule has 0 saturated carbocycles. The minimum atomic E-state index is 0.389. The van der Waals surface area contributed by atoms with E-state index in [1.807, 2.05) is 25.7 Å². The van der Waals surface area contributed by atoms with Crippen molar-refractivity contribution in [3.63, 3.8) is 0 Å². The van der Waals surface area contributed by atoms with Gasteiger partial charge in [-0.1, -0.05) is 6.82 Å². The molecule has 0 aliphatic rings. The summed E-state index contributed by atoms with van der Waals surface area (Å²) in [6, 6.07) is 0. The van der Waals surface area contributed by atoms with Gasteiger partial charge in [-0.3, -0.25) is 0 Å². The molecule has 0 fully saturated rings. The standard InChI is InChI=1S/C3H9B3N/c1-6(5-4)7(2)3/h1-3H3. The zero-order chi connectivity index (χ0) is 5.86. The zero-order valence-electron chi connectivity index (χ0n) is 5.18. The maximum Gasteiger partial charge on any atom is 0.165 e. The van der Waals surface area contributed by atoms with Crippen LogP contribution in [0.25, 0.3) is 0 Å². The third kappa shape index (κ3) is 2.80. The molecular formula is C3H9B3N. The van der Waals surface area contributed by atoms with Gasteiger partial charge in [-0.25, -0.2) is 0 Å². The fourth-order valence-electron chi connectivity index (χ4n) is 0.172. The second-order valence-corrected chi connectivity index (χ2v) is 1.90. The van der Waals surface area contributed by atoms with Crippen LogP contribution in [0.4, 0.5) is 0 Å². The lowest BCUT2D eigenvalue weighted by molar-refractivity contribution is 0.658. The summed E-state index contributed by atoms with van der Waals surface area (Å²) in [4.78, 5) is 2.04. The van der Waals surface area contributed by atoms with E-state index in [4.69, 9.17) is 7.74 Å². The quantitative estimate of drug-likeness (QED) is 0.413. The molecule has 0 aromatic heterocycles. The molecule has 0 amide bonds. The molecule has 3 radical (unpaired) electrons. The van der Waals surface area contributed by atoms with Gasteiger partial charge in [0, 0.05) is 14.8 Å². The van der Waals surface area contributed by atoms with E-state index in [0.717, 1.165) is 0 Å². The van der Waals surface area contributed by atoms with E-state index in [9.17, 15) is 0 Å². The first-order valence-electron chi connectivity index (χ1n) is 2.40. The van der Waals surface area contributed by atoms with Crippen LogP contribution >= 0.6 is 0 Å². The fourth-order valence-corrected chi connectivity index (χ4v) is 0.172. The van der Waals surface area contributed by atoms with Crippen LogP contribution in [0.5, 0.6) is 0 Å². The number of rotatable bonds is 2. The first-order chi connectivity index (χ1) is 3.18. The number of nitrogens with zero attached hydrogens (tertiary/aromatic N) is 1. The van der Waals surface area contributed by atoms with Crippen LogP contribution in [-0.4, -0.2) is 40.4 Å². The lowest BCUT2D eigenvalue weighted by Crippen LogP contribution is -2.35. The molecular weight excluding hydrogens is 82.5 g/mol. The highest BCUT2D eigenvalue weighted by atomic mass is 15.0. The van der Waals surface area contributed by atoms with E-state index in [1.54, 1.807) is 7.06 Å². The molecule has 0 N–H and O–H groups in total. The summed E-state index contributed by atoms with van der Waals surface area (Å²) in [6.07, 6.45) is 0. The van der Waals surface area contributed by atoms with Gasteiger partial charge in [0.1, 0.15) is 0 Å². The first-order valence-corrected chi connectivity index (χ1v) is 2.40. The molecule has 0 unspecified atom stereocenters. The van der Waals surface area contributed by atoms with Crippen molar-refractivity contribution in [3.8, 4) is 0 Å². The zero-order valence-corrected chi connectivity index (χ0v) is 5.18. The molecule has 0 aromatic carbocycles. The van der Waals surface area contributed by atoms with Crippen LogP contribution in [0.3, 0.4) is 0 Å². The van der Waals surface area contributed by atoms with Crippen molar-refractivity contribution in [1.29, 1.82) is 0 Å². The largest absolute Gasteiger partial charge is 0.356 e. The van der Waals surface area contributed by atoms with Crippen molar-refractivity contribution in [2.24, 2.45) is 0 Å². The van der Waals surface area contributed by atoms with Crippen LogP contribution in [0, 0.1) is 0 Å². The van der Waals surface area contributed by atoms with Gasteiger partial charge >= 0.3 is 0 Å². The fraction of sp³-hybridized carbons (Fsp3) is 1.00. The molecule has 0 aliphatic carbocycles. The van der Waals surface area contributed by atoms with Crippen LogP contribution in [-0.2, 0) is 0 Å². The molecule has 0 atom stereocenters. The summed E-state index contributed by atoms with van der Waals surface area (Å²) in [7, 11) is 10.9. The monoisotopic (exact) mass is 92.1 g/mol. The normalized spacial score (nSPS) is 9.14. The summed E-state index contributed by atoms with van der Waals surface area (Å²) in [5.41, 5.74) is 0. The predicted molar refractivity (Wildman–Crippen MR) is 36.8 cm³/mol. The molecule has 0 rings (SSSR count). The Morgan fingerprint density at radius 2 is 2.00 bits per heavy atom. The Morgan fingerprint density at radius 1 is 1.57 bits per heavy atom. The molecule has 4 heteroatoms. The highest BCUT2D eigenvalue weighted by molar-refractivity contribution is 7.30. The SMILES string of the molecule is [B][B]B(C)N(C)C. The molecule has 1 nitrogen and oxygen atoms in total. The minimum Gasteiger partial charge on any atom is -0.356 e. The van der Waals surface area contributed by atoms with Gasteiger partial charge in [-0.05, 0) is 14.1 Å². The maximum absolute atomic E-state index is 5.21. The Balaban J connectivity index is 3.14. The molecule has 7 heavy (non-hydrogen) atoms. The van der Waals surface area contributed by atoms with Gasteiger partial charge in [0.2, 0.25) is 0 Å². The second kappa shape index (κ2) is 3.19. The van der Waals surface area contributed by atoms with E-state index in [2.05, 4.69) is 0 Å². The van der Waals surface area contributed by atoms with Crippen molar-refractivity contribution >= 4 is 21.5 Å². The third-order valence-electron chi connectivity index (χ3n) is 1.09. The van der Waals surface area contributed by atoms with E-state index in [0.29, 0.717) is 6.74 Å². The molecule has 0 saturated heterocycles. The van der Waals surface area contributed by atoms with Gasteiger partial charge < -0.3 is 4.81 Å². The Bertz CT molecular complexity index is 47.4. The van der Waals surface area contributed by atoms with Crippen molar-refractivity contribution in [3.05, 3.63) is 0 Å². The van der Waals surface area contributed by atoms with Crippen LogP contribution in [0.1, 0.15) is 0 Å². The number of hydrogen-bond donors (Lipinski definition) is 0. The summed E-state index contributed by atoms with van der Waals surface area (Å²) in [5, 5.41) is 0. The Hall–Kier alpha value is 0.155. The van der Waals surface area contributed by atoms with Gasteiger partial charge in [-0.15, -0.1) is 0 Å². The second-order valence-electron chi connectivity index (χ2n) is 1.90. The highest BCUT2D eigenvalue weighted by Crippen LogP contribution is 1.78. The molecule has 35 valence electrons. The Kier molecular flexibility index (Phi) is 3.27. The average Bonchev–Trinajstić information content (AvgIpc) is 1.65. The summed E-state index contributed by atoms with van der Waals surface area (Å²) in [6.45, 7) is 2.43. The van der Waals surface area contributed by atoms with E-state index in [-0.39, 0.29) is 0 Å². The Morgan fingerprint density at radius 3 is 2.00 bits per heavy atom. The van der Waals surface area contributed by atoms with Crippen molar-refractivity contribution in [2.75, 3.05) is 14.1 Å². The summed E-state index contributed by atoms with van der Waals surface area (Å²) < 4.78 is 0. The summed E-state index contributed by atoms with van der Waals surface area (Å²) in [5.74, 6) is 0. The van der Waals surface area contributed by atoms with E-state index >= 15 is 0 Å². The predicted octanol–water partition coefficient (Wildman–Crippen LogP) is -0.546. The van der Waals surface area contributed by atoms with Crippen LogP contribution < -0.4 is 0 Å². The molecule has 0 bridgehead atoms. The van der Waals surface area contributed by atoms with Gasteiger partial charge in [0.15, 0.2) is 6.74 Å². The minimum absolute atomic E-state index is 0.389. The van der Waals surface area contributed by atoms with Crippen molar-refractivity contribution in [1.82, 2.24) is 4.81 Å². The Labute approximate surface area is 48.2 Å². The lowest BCUT2D eigenvalue weighted by Gasteiger charge is -2.13. The third-order valence-corrected chi connectivity index (χ3v) is 1.09.